The molecule has 0 radical (unpaired) electrons. The molecule has 0 saturated carbocycles. The van der Waals surface area contributed by atoms with Gasteiger partial charge in [-0.2, -0.15) is 0 Å². The van der Waals surface area contributed by atoms with Gasteiger partial charge in [-0.25, -0.2) is 8.42 Å². The predicted octanol–water partition coefficient (Wildman–Crippen LogP) is 1.94. The van der Waals surface area contributed by atoms with E-state index in [-0.39, 0.29) is 18.1 Å². The minimum Gasteiger partial charge on any atom is -0.493 e. The third-order valence-corrected chi connectivity index (χ3v) is 4.79. The molecule has 0 aliphatic rings. The Kier molecular flexibility index (Phi) is 4.89. The maximum Gasteiger partial charge on any atom is 0.509 e. The van der Waals surface area contributed by atoms with Crippen LogP contribution in [0.4, 0.5) is 12.9 Å². The van der Waals surface area contributed by atoms with Crippen molar-refractivity contribution < 1.29 is 26.1 Å². The zero-order valence-electron chi connectivity index (χ0n) is 10.6. The fourth-order valence-electron chi connectivity index (χ4n) is 1.29. The summed E-state index contributed by atoms with van der Waals surface area (Å²) in [5.74, 6) is 0.0677. The molecule has 3 nitrogen and oxygen atoms in total. The third kappa shape index (κ3) is 4.78. The molecule has 1 rings (SSSR count). The summed E-state index contributed by atoms with van der Waals surface area (Å²) in [5.41, 5.74) is -0.706. The SMILES string of the molecule is CC(C)S(=O)(=O)CCOc1ccc([B-](F)(F)F)cc1. The van der Waals surface area contributed by atoms with Crippen molar-refractivity contribution in [1.29, 1.82) is 0 Å². The number of hydrogen-bond donors (Lipinski definition) is 0. The van der Waals surface area contributed by atoms with Crippen LogP contribution in [-0.4, -0.2) is 33.0 Å². The maximum atomic E-state index is 12.4. The zero-order valence-corrected chi connectivity index (χ0v) is 11.5. The minimum absolute atomic E-state index is 0.0724. The Bertz CT molecular complexity index is 509. The van der Waals surface area contributed by atoms with Gasteiger partial charge in [-0.15, -0.1) is 5.46 Å². The molecule has 0 spiro atoms. The van der Waals surface area contributed by atoms with Crippen molar-refractivity contribution in [2.45, 2.75) is 19.1 Å². The summed E-state index contributed by atoms with van der Waals surface area (Å²) in [6.45, 7) is -1.96. The lowest BCUT2D eigenvalue weighted by atomic mass is 9.80. The van der Waals surface area contributed by atoms with Crippen molar-refractivity contribution in [3.05, 3.63) is 24.3 Å². The van der Waals surface area contributed by atoms with Crippen LogP contribution in [0.5, 0.6) is 5.75 Å². The molecule has 108 valence electrons. The number of rotatable bonds is 6. The van der Waals surface area contributed by atoms with E-state index in [4.69, 9.17) is 4.74 Å². The molecule has 0 bridgehead atoms. The van der Waals surface area contributed by atoms with Crippen molar-refractivity contribution in [1.82, 2.24) is 0 Å². The molecule has 0 atom stereocenters. The van der Waals surface area contributed by atoms with Crippen LogP contribution in [0.1, 0.15) is 13.8 Å². The van der Waals surface area contributed by atoms with E-state index < -0.39 is 27.5 Å². The van der Waals surface area contributed by atoms with E-state index in [1.807, 2.05) is 0 Å². The van der Waals surface area contributed by atoms with Crippen molar-refractivity contribution in [3.8, 4) is 5.75 Å². The molecule has 19 heavy (non-hydrogen) atoms. The standard InChI is InChI=1S/C11H15BF3O3S/c1-9(2)19(16,17)8-7-18-11-5-3-10(4-6-11)12(13,14)15/h3-6,9H,7-8H2,1-2H3/q-1. The number of benzene rings is 1. The fraction of sp³-hybridized carbons (Fsp3) is 0.455. The predicted molar refractivity (Wildman–Crippen MR) is 69.6 cm³/mol. The smallest absolute Gasteiger partial charge is 0.493 e. The van der Waals surface area contributed by atoms with Crippen LogP contribution in [0, 0.1) is 0 Å². The highest BCUT2D eigenvalue weighted by Crippen LogP contribution is 2.13. The zero-order chi connectivity index (χ0) is 14.7. The topological polar surface area (TPSA) is 43.4 Å². The van der Waals surface area contributed by atoms with Gasteiger partial charge in [-0.1, -0.05) is 12.1 Å². The van der Waals surface area contributed by atoms with E-state index in [1.165, 1.54) is 12.1 Å². The Balaban J connectivity index is 2.56. The van der Waals surface area contributed by atoms with E-state index >= 15 is 0 Å². The van der Waals surface area contributed by atoms with Gasteiger partial charge < -0.3 is 17.7 Å². The Morgan fingerprint density at radius 1 is 1.16 bits per heavy atom. The Morgan fingerprint density at radius 2 is 1.68 bits per heavy atom. The van der Waals surface area contributed by atoms with Crippen molar-refractivity contribution in [2.75, 3.05) is 12.4 Å². The lowest BCUT2D eigenvalue weighted by molar-refractivity contribution is 0.340. The summed E-state index contributed by atoms with van der Waals surface area (Å²) in [6.07, 6.45) is 0. The summed E-state index contributed by atoms with van der Waals surface area (Å²) in [5, 5.41) is -0.494. The van der Waals surface area contributed by atoms with E-state index in [0.717, 1.165) is 12.1 Å². The highest BCUT2D eigenvalue weighted by molar-refractivity contribution is 7.91. The average molecular weight is 295 g/mol. The Morgan fingerprint density at radius 3 is 2.11 bits per heavy atom. The molecular formula is C11H15BF3O3S-. The molecule has 0 aromatic heterocycles. The largest absolute Gasteiger partial charge is 0.509 e. The van der Waals surface area contributed by atoms with Crippen molar-refractivity contribution >= 4 is 22.3 Å². The fourth-order valence-corrected chi connectivity index (χ4v) is 2.08. The first-order chi connectivity index (χ1) is 8.63. The summed E-state index contributed by atoms with van der Waals surface area (Å²) in [7, 11) is -3.20. The molecule has 0 fully saturated rings. The molecule has 8 heteroatoms. The number of sulfone groups is 1. The summed E-state index contributed by atoms with van der Waals surface area (Å²) in [6, 6.07) is 4.22. The Hall–Kier alpha value is -1.18. The van der Waals surface area contributed by atoms with E-state index in [9.17, 15) is 21.4 Å². The van der Waals surface area contributed by atoms with Gasteiger partial charge in [-0.3, -0.25) is 0 Å². The van der Waals surface area contributed by atoms with Gasteiger partial charge in [0.25, 0.3) is 0 Å². The molecule has 1 aromatic rings. The highest BCUT2D eigenvalue weighted by Gasteiger charge is 2.25. The van der Waals surface area contributed by atoms with Gasteiger partial charge >= 0.3 is 6.98 Å². The van der Waals surface area contributed by atoms with Gasteiger partial charge in [-0.05, 0) is 26.0 Å². The van der Waals surface area contributed by atoms with Crippen molar-refractivity contribution in [2.24, 2.45) is 0 Å². The quantitative estimate of drug-likeness (QED) is 0.753. The second kappa shape index (κ2) is 5.86. The summed E-state index contributed by atoms with van der Waals surface area (Å²) < 4.78 is 65.2. The lowest BCUT2D eigenvalue weighted by Gasteiger charge is -2.15. The van der Waals surface area contributed by atoms with Gasteiger partial charge in [0.2, 0.25) is 0 Å². The molecule has 0 N–H and O–H groups in total. The minimum atomic E-state index is -5.02. The molecule has 0 saturated heterocycles. The second-order valence-electron chi connectivity index (χ2n) is 4.41. The second-order valence-corrected chi connectivity index (χ2v) is 7.08. The molecule has 0 unspecified atom stereocenters. The van der Waals surface area contributed by atoms with Crippen LogP contribution >= 0.6 is 0 Å². The first-order valence-electron chi connectivity index (χ1n) is 5.77. The van der Waals surface area contributed by atoms with Crippen LogP contribution in [0.2, 0.25) is 0 Å². The number of halogens is 3. The molecule has 1 aromatic carbocycles. The van der Waals surface area contributed by atoms with Gasteiger partial charge in [0, 0.05) is 0 Å². The van der Waals surface area contributed by atoms with Gasteiger partial charge in [0.15, 0.2) is 9.84 Å². The maximum absolute atomic E-state index is 12.4. The summed E-state index contributed by atoms with van der Waals surface area (Å²) >= 11 is 0. The lowest BCUT2D eigenvalue weighted by Crippen LogP contribution is -2.33. The molecule has 0 aliphatic heterocycles. The number of ether oxygens (including phenoxy) is 1. The van der Waals surface area contributed by atoms with Crippen molar-refractivity contribution in [3.63, 3.8) is 0 Å². The highest BCUT2D eigenvalue weighted by atomic mass is 32.2. The van der Waals surface area contributed by atoms with Crippen LogP contribution in [-0.2, 0) is 9.84 Å². The van der Waals surface area contributed by atoms with Crippen LogP contribution in [0.15, 0.2) is 24.3 Å². The van der Waals surface area contributed by atoms with Crippen LogP contribution in [0.25, 0.3) is 0 Å². The molecule has 0 heterocycles. The third-order valence-electron chi connectivity index (χ3n) is 2.61. The van der Waals surface area contributed by atoms with Crippen LogP contribution in [0.3, 0.4) is 0 Å². The van der Waals surface area contributed by atoms with Crippen LogP contribution < -0.4 is 10.2 Å². The molecule has 0 aliphatic carbocycles. The first-order valence-corrected chi connectivity index (χ1v) is 7.49. The summed E-state index contributed by atoms with van der Waals surface area (Å²) in [4.78, 5) is 0. The first kappa shape index (κ1) is 15.9. The molecule has 0 amide bonds. The van der Waals surface area contributed by atoms with Gasteiger partial charge in [0.1, 0.15) is 12.4 Å². The van der Waals surface area contributed by atoms with E-state index in [2.05, 4.69) is 0 Å². The number of hydrogen-bond acceptors (Lipinski definition) is 3. The monoisotopic (exact) mass is 295 g/mol. The van der Waals surface area contributed by atoms with Gasteiger partial charge in [0.05, 0.1) is 11.0 Å². The Labute approximate surface area is 110 Å². The normalized spacial score (nSPS) is 12.7. The average Bonchev–Trinajstić information content (AvgIpc) is 2.28. The molecular weight excluding hydrogens is 280 g/mol. The van der Waals surface area contributed by atoms with E-state index in [0.29, 0.717) is 0 Å². The van der Waals surface area contributed by atoms with E-state index in [1.54, 1.807) is 13.8 Å².